The summed E-state index contributed by atoms with van der Waals surface area (Å²) in [6, 6.07) is 9.35. The summed E-state index contributed by atoms with van der Waals surface area (Å²) in [6.45, 7) is 3.49. The highest BCUT2D eigenvalue weighted by atomic mass is 32.2. The first-order chi connectivity index (χ1) is 15.1. The van der Waals surface area contributed by atoms with Gasteiger partial charge in [0.25, 0.3) is 5.91 Å². The first kappa shape index (κ1) is 24.1. The molecule has 2 aromatic carbocycles. The SMILES string of the molecule is COc1ccc(NC(=O)C2CSCN2C(=O)c2cc(C)c(C)c(S(=O)(=O)N(C)C)c2)cc1. The number of anilines is 1. The second-order valence-electron chi connectivity index (χ2n) is 7.71. The molecule has 1 heterocycles. The number of carbonyl (C=O) groups excluding carboxylic acids is 2. The van der Waals surface area contributed by atoms with Gasteiger partial charge in [-0.1, -0.05) is 0 Å². The third-order valence-electron chi connectivity index (χ3n) is 5.43. The Morgan fingerprint density at radius 2 is 1.81 bits per heavy atom. The van der Waals surface area contributed by atoms with Gasteiger partial charge in [-0.15, -0.1) is 11.8 Å². The maximum Gasteiger partial charge on any atom is 0.255 e. The summed E-state index contributed by atoms with van der Waals surface area (Å²) >= 11 is 1.48. The highest BCUT2D eigenvalue weighted by Gasteiger charge is 2.36. The number of hydrogen-bond donors (Lipinski definition) is 1. The molecule has 1 unspecified atom stereocenters. The number of rotatable bonds is 6. The minimum Gasteiger partial charge on any atom is -0.497 e. The molecule has 1 saturated heterocycles. The van der Waals surface area contributed by atoms with E-state index in [4.69, 9.17) is 4.74 Å². The monoisotopic (exact) mass is 477 g/mol. The molecule has 0 radical (unpaired) electrons. The quantitative estimate of drug-likeness (QED) is 0.687. The number of nitrogens with one attached hydrogen (secondary N) is 1. The second-order valence-corrected chi connectivity index (χ2v) is 10.8. The minimum absolute atomic E-state index is 0.0944. The topological polar surface area (TPSA) is 96.0 Å². The van der Waals surface area contributed by atoms with Crippen LogP contribution in [0.3, 0.4) is 0 Å². The molecule has 0 saturated carbocycles. The van der Waals surface area contributed by atoms with Crippen LogP contribution in [-0.2, 0) is 14.8 Å². The average molecular weight is 478 g/mol. The van der Waals surface area contributed by atoms with Crippen molar-refractivity contribution in [1.29, 1.82) is 0 Å². The fourth-order valence-electron chi connectivity index (χ4n) is 3.34. The molecule has 0 aliphatic carbocycles. The van der Waals surface area contributed by atoms with Crippen LogP contribution >= 0.6 is 11.8 Å². The highest BCUT2D eigenvalue weighted by Crippen LogP contribution is 2.28. The molecule has 1 N–H and O–H groups in total. The maximum atomic E-state index is 13.3. The Kier molecular flexibility index (Phi) is 7.16. The fourth-order valence-corrected chi connectivity index (χ4v) is 5.71. The van der Waals surface area contributed by atoms with E-state index in [1.54, 1.807) is 51.3 Å². The molecule has 2 amide bonds. The predicted molar refractivity (Wildman–Crippen MR) is 126 cm³/mol. The molecule has 0 aromatic heterocycles. The number of aryl methyl sites for hydroxylation is 1. The summed E-state index contributed by atoms with van der Waals surface area (Å²) in [5, 5.41) is 2.84. The first-order valence-corrected chi connectivity index (χ1v) is 12.5. The van der Waals surface area contributed by atoms with Crippen molar-refractivity contribution in [3.63, 3.8) is 0 Å². The molecule has 2 aromatic rings. The standard InChI is InChI=1S/C22H27N3O5S2/c1-14-10-16(11-20(15(14)2)32(28,29)24(3)4)22(27)25-13-31-12-19(25)21(26)23-17-6-8-18(30-5)9-7-17/h6-11,19H,12-13H2,1-5H3,(H,23,26). The third-order valence-corrected chi connectivity index (χ3v) is 8.38. The van der Waals surface area contributed by atoms with Gasteiger partial charge in [-0.25, -0.2) is 12.7 Å². The normalized spacial score (nSPS) is 16.3. The minimum atomic E-state index is -3.72. The Hall–Kier alpha value is -2.56. The molecule has 1 aliphatic heterocycles. The Morgan fingerprint density at radius 1 is 1.16 bits per heavy atom. The largest absolute Gasteiger partial charge is 0.497 e. The number of thioether (sulfide) groups is 1. The molecule has 1 atom stereocenters. The maximum absolute atomic E-state index is 13.3. The number of carbonyl (C=O) groups is 2. The smallest absolute Gasteiger partial charge is 0.255 e. The van der Waals surface area contributed by atoms with E-state index in [9.17, 15) is 18.0 Å². The van der Waals surface area contributed by atoms with E-state index in [1.165, 1.54) is 36.8 Å². The molecule has 1 fully saturated rings. The van der Waals surface area contributed by atoms with E-state index in [0.29, 0.717) is 34.2 Å². The van der Waals surface area contributed by atoms with Crippen molar-refractivity contribution in [3.8, 4) is 5.75 Å². The van der Waals surface area contributed by atoms with Gasteiger partial charge in [0.2, 0.25) is 15.9 Å². The highest BCUT2D eigenvalue weighted by molar-refractivity contribution is 7.99. The molecular weight excluding hydrogens is 450 g/mol. The van der Waals surface area contributed by atoms with Crippen molar-refractivity contribution in [1.82, 2.24) is 9.21 Å². The van der Waals surface area contributed by atoms with Gasteiger partial charge < -0.3 is 15.0 Å². The lowest BCUT2D eigenvalue weighted by atomic mass is 10.0. The van der Waals surface area contributed by atoms with Gasteiger partial charge in [-0.3, -0.25) is 9.59 Å². The molecule has 32 heavy (non-hydrogen) atoms. The van der Waals surface area contributed by atoms with Crippen LogP contribution in [0, 0.1) is 13.8 Å². The third kappa shape index (κ3) is 4.77. The molecule has 8 nitrogen and oxygen atoms in total. The Labute approximate surface area is 193 Å². The van der Waals surface area contributed by atoms with Crippen LogP contribution in [0.2, 0.25) is 0 Å². The zero-order valence-corrected chi connectivity index (χ0v) is 20.3. The van der Waals surface area contributed by atoms with Crippen LogP contribution in [0.1, 0.15) is 21.5 Å². The molecular formula is C22H27N3O5S2. The van der Waals surface area contributed by atoms with Crippen LogP contribution in [0.4, 0.5) is 5.69 Å². The van der Waals surface area contributed by atoms with E-state index < -0.39 is 16.1 Å². The van der Waals surface area contributed by atoms with Crippen molar-refractivity contribution in [3.05, 3.63) is 53.1 Å². The Bertz CT molecular complexity index is 1130. The van der Waals surface area contributed by atoms with Crippen LogP contribution in [0.15, 0.2) is 41.3 Å². The van der Waals surface area contributed by atoms with Gasteiger partial charge in [-0.05, 0) is 61.4 Å². The van der Waals surface area contributed by atoms with Crippen molar-refractivity contribution in [2.75, 3.05) is 38.2 Å². The Balaban J connectivity index is 1.86. The van der Waals surface area contributed by atoms with E-state index in [1.807, 2.05) is 0 Å². The van der Waals surface area contributed by atoms with Crippen LogP contribution in [-0.4, -0.2) is 68.3 Å². The van der Waals surface area contributed by atoms with Crippen LogP contribution < -0.4 is 10.1 Å². The molecule has 172 valence electrons. The van der Waals surface area contributed by atoms with E-state index in [-0.39, 0.29) is 22.3 Å². The summed E-state index contributed by atoms with van der Waals surface area (Å²) in [6.07, 6.45) is 0. The van der Waals surface area contributed by atoms with E-state index in [0.717, 1.165) is 4.31 Å². The van der Waals surface area contributed by atoms with E-state index >= 15 is 0 Å². The number of hydrogen-bond acceptors (Lipinski definition) is 6. The van der Waals surface area contributed by atoms with Gasteiger partial charge in [0.15, 0.2) is 0 Å². The predicted octanol–water partition coefficient (Wildman–Crippen LogP) is 2.72. The number of amides is 2. The van der Waals surface area contributed by atoms with Crippen molar-refractivity contribution >= 4 is 39.3 Å². The molecule has 0 bridgehead atoms. The second kappa shape index (κ2) is 9.51. The van der Waals surface area contributed by atoms with Gasteiger partial charge >= 0.3 is 0 Å². The van der Waals surface area contributed by atoms with Gasteiger partial charge in [0.1, 0.15) is 11.8 Å². The molecule has 10 heteroatoms. The van der Waals surface area contributed by atoms with E-state index in [2.05, 4.69) is 5.32 Å². The average Bonchev–Trinajstić information content (AvgIpc) is 3.25. The van der Waals surface area contributed by atoms with Crippen LogP contribution in [0.5, 0.6) is 5.75 Å². The Morgan fingerprint density at radius 3 is 2.41 bits per heavy atom. The number of methoxy groups -OCH3 is 1. The first-order valence-electron chi connectivity index (χ1n) is 9.93. The van der Waals surface area contributed by atoms with Crippen molar-refractivity contribution < 1.29 is 22.7 Å². The summed E-state index contributed by atoms with van der Waals surface area (Å²) < 4.78 is 31.7. The van der Waals surface area contributed by atoms with Gasteiger partial charge in [-0.2, -0.15) is 0 Å². The summed E-state index contributed by atoms with van der Waals surface area (Å²) in [5.41, 5.74) is 2.14. The number of benzene rings is 2. The zero-order valence-electron chi connectivity index (χ0n) is 18.7. The lowest BCUT2D eigenvalue weighted by Gasteiger charge is -2.24. The molecule has 3 rings (SSSR count). The summed E-state index contributed by atoms with van der Waals surface area (Å²) in [4.78, 5) is 27.8. The molecule has 0 spiro atoms. The lowest BCUT2D eigenvalue weighted by Crippen LogP contribution is -2.44. The van der Waals surface area contributed by atoms with Crippen molar-refractivity contribution in [2.45, 2.75) is 24.8 Å². The summed E-state index contributed by atoms with van der Waals surface area (Å²) in [5.74, 6) is 0.819. The number of nitrogens with zero attached hydrogens (tertiary/aromatic N) is 2. The zero-order chi connectivity index (χ0) is 23.6. The fraction of sp³-hybridized carbons (Fsp3) is 0.364. The van der Waals surface area contributed by atoms with Gasteiger partial charge in [0.05, 0.1) is 17.9 Å². The summed E-state index contributed by atoms with van der Waals surface area (Å²) in [7, 11) is 0.753. The van der Waals surface area contributed by atoms with Crippen LogP contribution in [0.25, 0.3) is 0 Å². The number of ether oxygens (including phenoxy) is 1. The molecule has 1 aliphatic rings. The van der Waals surface area contributed by atoms with Gasteiger partial charge in [0, 0.05) is 31.1 Å². The lowest BCUT2D eigenvalue weighted by molar-refractivity contribution is -0.119. The van der Waals surface area contributed by atoms with Crippen molar-refractivity contribution in [2.24, 2.45) is 0 Å². The number of sulfonamides is 1.